The van der Waals surface area contributed by atoms with E-state index in [4.69, 9.17) is 9.47 Å². The molecule has 96 valence electrons. The maximum absolute atomic E-state index is 12.2. The van der Waals surface area contributed by atoms with E-state index in [-0.39, 0.29) is 5.78 Å². The highest BCUT2D eigenvalue weighted by Crippen LogP contribution is 2.36. The summed E-state index contributed by atoms with van der Waals surface area (Å²) in [5.74, 6) is 1.32. The lowest BCUT2D eigenvalue weighted by molar-refractivity contribution is 0.103. The number of ether oxygens (including phenoxy) is 2. The van der Waals surface area contributed by atoms with E-state index in [1.165, 1.54) is 0 Å². The molecular weight excluding hydrogens is 230 g/mol. The summed E-state index contributed by atoms with van der Waals surface area (Å²) < 4.78 is 10.5. The van der Waals surface area contributed by atoms with Gasteiger partial charge in [-0.2, -0.15) is 0 Å². The zero-order valence-electron chi connectivity index (χ0n) is 11.1. The first-order valence-electron chi connectivity index (χ1n) is 5.73. The summed E-state index contributed by atoms with van der Waals surface area (Å²) >= 11 is 0. The molecule has 18 heavy (non-hydrogen) atoms. The van der Waals surface area contributed by atoms with Crippen molar-refractivity contribution in [3.8, 4) is 11.5 Å². The van der Waals surface area contributed by atoms with E-state index >= 15 is 0 Å². The van der Waals surface area contributed by atoms with Gasteiger partial charge in [-0.05, 0) is 17.7 Å². The Morgan fingerprint density at radius 1 is 1.17 bits per heavy atom. The van der Waals surface area contributed by atoms with Crippen LogP contribution in [0, 0.1) is 0 Å². The molecule has 0 amide bonds. The number of fused-ring (bicyclic) bond motifs is 1. The van der Waals surface area contributed by atoms with Crippen LogP contribution in [0.1, 0.15) is 15.9 Å². The largest absolute Gasteiger partial charge is 0.493 e. The zero-order valence-corrected chi connectivity index (χ0v) is 11.1. The number of ketones is 1. The van der Waals surface area contributed by atoms with Crippen molar-refractivity contribution in [1.82, 2.24) is 4.90 Å². The third-order valence-corrected chi connectivity index (χ3v) is 2.94. The molecule has 0 saturated heterocycles. The monoisotopic (exact) mass is 247 g/mol. The number of carbonyl (C=O) groups excluding carboxylic acids is 1. The van der Waals surface area contributed by atoms with Crippen molar-refractivity contribution >= 4 is 5.78 Å². The van der Waals surface area contributed by atoms with Crippen molar-refractivity contribution in [2.75, 3.05) is 28.3 Å². The molecule has 1 aliphatic carbocycles. The van der Waals surface area contributed by atoms with E-state index in [2.05, 4.69) is 0 Å². The summed E-state index contributed by atoms with van der Waals surface area (Å²) in [5, 5.41) is 0. The van der Waals surface area contributed by atoms with Gasteiger partial charge in [-0.15, -0.1) is 0 Å². The first-order chi connectivity index (χ1) is 8.56. The van der Waals surface area contributed by atoms with Crippen LogP contribution >= 0.6 is 0 Å². The van der Waals surface area contributed by atoms with Gasteiger partial charge in [0.15, 0.2) is 17.3 Å². The molecule has 0 radical (unpaired) electrons. The molecule has 0 aliphatic heterocycles. The van der Waals surface area contributed by atoms with E-state index < -0.39 is 0 Å². The van der Waals surface area contributed by atoms with Crippen LogP contribution in [0.4, 0.5) is 0 Å². The molecule has 4 nitrogen and oxygen atoms in total. The van der Waals surface area contributed by atoms with Crippen LogP contribution in [0.5, 0.6) is 11.5 Å². The molecule has 0 spiro atoms. The van der Waals surface area contributed by atoms with Gasteiger partial charge in [0, 0.05) is 37.9 Å². The summed E-state index contributed by atoms with van der Waals surface area (Å²) in [6.07, 6.45) is 2.51. The highest BCUT2D eigenvalue weighted by molar-refractivity contribution is 6.13. The smallest absolute Gasteiger partial charge is 0.191 e. The fourth-order valence-corrected chi connectivity index (χ4v) is 2.15. The third kappa shape index (κ3) is 2.06. The van der Waals surface area contributed by atoms with E-state index in [0.717, 1.165) is 11.1 Å². The SMILES string of the molecule is COc1cc2c(cc1OC)C(=O)C(=CN(C)C)C2. The van der Waals surface area contributed by atoms with Crippen LogP contribution in [-0.2, 0) is 6.42 Å². The number of hydrogen-bond donors (Lipinski definition) is 0. The second kappa shape index (κ2) is 4.72. The quantitative estimate of drug-likeness (QED) is 0.765. The fraction of sp³-hybridized carbons (Fsp3) is 0.357. The van der Waals surface area contributed by atoms with Crippen molar-refractivity contribution in [2.45, 2.75) is 6.42 Å². The first kappa shape index (κ1) is 12.5. The highest BCUT2D eigenvalue weighted by Gasteiger charge is 2.27. The molecule has 1 aliphatic rings. The van der Waals surface area contributed by atoms with E-state index in [0.29, 0.717) is 23.5 Å². The maximum atomic E-state index is 12.2. The standard InChI is InChI=1S/C14H17NO3/c1-15(2)8-10-5-9-6-12(17-3)13(18-4)7-11(9)14(10)16/h6-8H,5H2,1-4H3. The fourth-order valence-electron chi connectivity index (χ4n) is 2.15. The molecule has 0 saturated carbocycles. The Kier molecular flexibility index (Phi) is 3.28. The third-order valence-electron chi connectivity index (χ3n) is 2.94. The summed E-state index contributed by atoms with van der Waals surface area (Å²) in [4.78, 5) is 14.1. The molecule has 0 unspecified atom stereocenters. The van der Waals surface area contributed by atoms with E-state index in [9.17, 15) is 4.79 Å². The number of rotatable bonds is 3. The summed E-state index contributed by atoms with van der Waals surface area (Å²) in [7, 11) is 6.98. The van der Waals surface area contributed by atoms with Crippen molar-refractivity contribution < 1.29 is 14.3 Å². The second-order valence-corrected chi connectivity index (χ2v) is 4.49. The van der Waals surface area contributed by atoms with Gasteiger partial charge in [0.25, 0.3) is 0 Å². The predicted molar refractivity (Wildman–Crippen MR) is 69.4 cm³/mol. The summed E-state index contributed by atoms with van der Waals surface area (Å²) in [6.45, 7) is 0. The Bertz CT molecular complexity index is 518. The molecular formula is C14H17NO3. The molecule has 0 fully saturated rings. The molecule has 2 rings (SSSR count). The molecule has 1 aromatic rings. The van der Waals surface area contributed by atoms with Gasteiger partial charge in [-0.25, -0.2) is 0 Å². The van der Waals surface area contributed by atoms with Crippen molar-refractivity contribution in [1.29, 1.82) is 0 Å². The Morgan fingerprint density at radius 2 is 1.78 bits per heavy atom. The summed E-state index contributed by atoms with van der Waals surface area (Å²) in [6, 6.07) is 3.63. The van der Waals surface area contributed by atoms with Crippen LogP contribution in [0.15, 0.2) is 23.9 Å². The molecule has 1 aromatic carbocycles. The highest BCUT2D eigenvalue weighted by atomic mass is 16.5. The number of benzene rings is 1. The molecule has 0 heterocycles. The molecule has 0 N–H and O–H groups in total. The second-order valence-electron chi connectivity index (χ2n) is 4.49. The number of allylic oxidation sites excluding steroid dienone is 1. The van der Waals surface area contributed by atoms with Gasteiger partial charge in [-0.1, -0.05) is 0 Å². The van der Waals surface area contributed by atoms with Crippen molar-refractivity contribution in [3.63, 3.8) is 0 Å². The van der Waals surface area contributed by atoms with E-state index in [1.807, 2.05) is 31.3 Å². The molecule has 4 heteroatoms. The van der Waals surface area contributed by atoms with Crippen LogP contribution in [-0.4, -0.2) is 39.0 Å². The normalized spacial score (nSPS) is 15.8. The minimum Gasteiger partial charge on any atom is -0.493 e. The Labute approximate surface area is 107 Å². The summed E-state index contributed by atoms with van der Waals surface area (Å²) in [5.41, 5.74) is 2.50. The van der Waals surface area contributed by atoms with Gasteiger partial charge >= 0.3 is 0 Å². The van der Waals surface area contributed by atoms with Gasteiger partial charge in [0.1, 0.15) is 0 Å². The number of methoxy groups -OCH3 is 2. The number of hydrogen-bond acceptors (Lipinski definition) is 4. The molecule has 0 bridgehead atoms. The Balaban J connectivity index is 2.46. The lowest BCUT2D eigenvalue weighted by Gasteiger charge is -2.08. The van der Waals surface area contributed by atoms with Crippen LogP contribution in [0.3, 0.4) is 0 Å². The number of nitrogens with zero attached hydrogens (tertiary/aromatic N) is 1. The average molecular weight is 247 g/mol. The Hall–Kier alpha value is -1.97. The predicted octanol–water partition coefficient (Wildman–Crippen LogP) is 1.89. The van der Waals surface area contributed by atoms with Gasteiger partial charge in [0.05, 0.1) is 14.2 Å². The lowest BCUT2D eigenvalue weighted by Crippen LogP contribution is -2.06. The minimum atomic E-state index is 0.0691. The molecule has 0 atom stereocenters. The molecule has 0 aromatic heterocycles. The van der Waals surface area contributed by atoms with Gasteiger partial charge in [-0.3, -0.25) is 4.79 Å². The zero-order chi connectivity index (χ0) is 13.3. The van der Waals surface area contributed by atoms with Crippen LogP contribution in [0.2, 0.25) is 0 Å². The average Bonchev–Trinajstić information content (AvgIpc) is 2.63. The van der Waals surface area contributed by atoms with Crippen LogP contribution in [0.25, 0.3) is 0 Å². The lowest BCUT2D eigenvalue weighted by atomic mass is 10.1. The van der Waals surface area contributed by atoms with Crippen LogP contribution < -0.4 is 9.47 Å². The first-order valence-corrected chi connectivity index (χ1v) is 5.73. The van der Waals surface area contributed by atoms with Crippen molar-refractivity contribution in [2.24, 2.45) is 0 Å². The number of carbonyl (C=O) groups is 1. The number of Topliss-reactive ketones (excluding diaryl/α,β-unsaturated/α-hetero) is 1. The van der Waals surface area contributed by atoms with Crippen molar-refractivity contribution in [3.05, 3.63) is 35.0 Å². The maximum Gasteiger partial charge on any atom is 0.191 e. The topological polar surface area (TPSA) is 38.8 Å². The Morgan fingerprint density at radius 3 is 2.33 bits per heavy atom. The minimum absolute atomic E-state index is 0.0691. The van der Waals surface area contributed by atoms with Gasteiger partial charge < -0.3 is 14.4 Å². The van der Waals surface area contributed by atoms with Gasteiger partial charge in [0.2, 0.25) is 0 Å². The van der Waals surface area contributed by atoms with E-state index in [1.54, 1.807) is 20.3 Å².